The summed E-state index contributed by atoms with van der Waals surface area (Å²) in [5, 5.41) is 4.79. The number of rotatable bonds is 5. The third-order valence-electron chi connectivity index (χ3n) is 3.48. The van der Waals surface area contributed by atoms with Crippen molar-refractivity contribution in [1.82, 2.24) is 9.78 Å². The van der Waals surface area contributed by atoms with E-state index in [1.165, 1.54) is 22.5 Å². The zero-order valence-corrected chi connectivity index (χ0v) is 12.1. The van der Waals surface area contributed by atoms with Crippen LogP contribution < -0.4 is 5.73 Å². The predicted octanol–water partition coefficient (Wildman–Crippen LogP) is 2.81. The van der Waals surface area contributed by atoms with E-state index in [1.54, 1.807) is 0 Å². The average molecular weight is 257 g/mol. The predicted molar refractivity (Wildman–Crippen MR) is 79.8 cm³/mol. The van der Waals surface area contributed by atoms with Gasteiger partial charge < -0.3 is 5.73 Å². The SMILES string of the molecule is CCc1nn(-c2cccc(C)c2)c(CC)c1CCN. The van der Waals surface area contributed by atoms with Gasteiger partial charge in [-0.1, -0.05) is 26.0 Å². The molecule has 3 heteroatoms. The van der Waals surface area contributed by atoms with Crippen LogP contribution in [0.2, 0.25) is 0 Å². The fourth-order valence-corrected chi connectivity index (χ4v) is 2.59. The molecule has 0 bridgehead atoms. The van der Waals surface area contributed by atoms with E-state index in [1.807, 2.05) is 0 Å². The van der Waals surface area contributed by atoms with Crippen molar-refractivity contribution in [1.29, 1.82) is 0 Å². The molecule has 0 unspecified atom stereocenters. The number of nitrogens with two attached hydrogens (primary N) is 1. The van der Waals surface area contributed by atoms with Gasteiger partial charge in [-0.25, -0.2) is 4.68 Å². The van der Waals surface area contributed by atoms with Crippen LogP contribution in [0, 0.1) is 6.92 Å². The number of nitrogens with zero attached hydrogens (tertiary/aromatic N) is 2. The average Bonchev–Trinajstić information content (AvgIpc) is 2.77. The highest BCUT2D eigenvalue weighted by Crippen LogP contribution is 2.21. The Bertz CT molecular complexity index is 555. The van der Waals surface area contributed by atoms with Gasteiger partial charge in [0.2, 0.25) is 0 Å². The first-order chi connectivity index (χ1) is 9.21. The van der Waals surface area contributed by atoms with Gasteiger partial charge in [-0.3, -0.25) is 0 Å². The molecule has 2 rings (SSSR count). The van der Waals surface area contributed by atoms with Crippen LogP contribution in [0.15, 0.2) is 24.3 Å². The Kier molecular flexibility index (Phi) is 4.38. The first-order valence-corrected chi connectivity index (χ1v) is 7.08. The van der Waals surface area contributed by atoms with E-state index in [-0.39, 0.29) is 0 Å². The van der Waals surface area contributed by atoms with Gasteiger partial charge in [0.15, 0.2) is 0 Å². The summed E-state index contributed by atoms with van der Waals surface area (Å²) < 4.78 is 2.09. The molecule has 0 amide bonds. The Morgan fingerprint density at radius 2 is 2.00 bits per heavy atom. The van der Waals surface area contributed by atoms with E-state index in [0.717, 1.165) is 24.9 Å². The zero-order valence-electron chi connectivity index (χ0n) is 12.1. The molecule has 0 aliphatic rings. The summed E-state index contributed by atoms with van der Waals surface area (Å²) in [6.45, 7) is 7.13. The maximum atomic E-state index is 5.74. The summed E-state index contributed by atoms with van der Waals surface area (Å²) in [4.78, 5) is 0. The molecule has 1 aromatic heterocycles. The zero-order chi connectivity index (χ0) is 13.8. The van der Waals surface area contributed by atoms with E-state index in [9.17, 15) is 0 Å². The van der Waals surface area contributed by atoms with Gasteiger partial charge in [-0.2, -0.15) is 5.10 Å². The number of aryl methyl sites for hydroxylation is 2. The minimum absolute atomic E-state index is 0.680. The molecular weight excluding hydrogens is 234 g/mol. The van der Waals surface area contributed by atoms with Crippen molar-refractivity contribution in [3.8, 4) is 5.69 Å². The normalized spacial score (nSPS) is 10.9. The molecule has 1 heterocycles. The lowest BCUT2D eigenvalue weighted by Crippen LogP contribution is -2.07. The van der Waals surface area contributed by atoms with Gasteiger partial charge in [0.25, 0.3) is 0 Å². The molecule has 3 nitrogen and oxygen atoms in total. The maximum Gasteiger partial charge on any atom is 0.0661 e. The van der Waals surface area contributed by atoms with E-state index in [0.29, 0.717) is 6.54 Å². The van der Waals surface area contributed by atoms with Crippen molar-refractivity contribution < 1.29 is 0 Å². The van der Waals surface area contributed by atoms with Crippen LogP contribution in [-0.2, 0) is 19.3 Å². The number of hydrogen-bond donors (Lipinski definition) is 1. The largest absolute Gasteiger partial charge is 0.330 e. The molecule has 19 heavy (non-hydrogen) atoms. The maximum absolute atomic E-state index is 5.74. The quantitative estimate of drug-likeness (QED) is 0.895. The second kappa shape index (κ2) is 6.02. The first kappa shape index (κ1) is 13.8. The molecular formula is C16H23N3. The summed E-state index contributed by atoms with van der Waals surface area (Å²) in [7, 11) is 0. The highest BCUT2D eigenvalue weighted by atomic mass is 15.3. The van der Waals surface area contributed by atoms with Gasteiger partial charge in [-0.15, -0.1) is 0 Å². The minimum Gasteiger partial charge on any atom is -0.330 e. The fourth-order valence-electron chi connectivity index (χ4n) is 2.59. The molecule has 0 radical (unpaired) electrons. The van der Waals surface area contributed by atoms with E-state index < -0.39 is 0 Å². The summed E-state index contributed by atoms with van der Waals surface area (Å²) in [6.07, 6.45) is 2.86. The second-order valence-corrected chi connectivity index (χ2v) is 4.87. The Hall–Kier alpha value is -1.61. The molecule has 0 saturated heterocycles. The van der Waals surface area contributed by atoms with Crippen LogP contribution in [0.25, 0.3) is 5.69 Å². The van der Waals surface area contributed by atoms with Crippen molar-refractivity contribution in [3.63, 3.8) is 0 Å². The van der Waals surface area contributed by atoms with Gasteiger partial charge >= 0.3 is 0 Å². The van der Waals surface area contributed by atoms with Crippen LogP contribution in [0.3, 0.4) is 0 Å². The van der Waals surface area contributed by atoms with Crippen molar-refractivity contribution in [2.75, 3.05) is 6.54 Å². The standard InChI is InChI=1S/C16H23N3/c1-4-15-14(9-10-17)16(5-2)19(18-15)13-8-6-7-12(3)11-13/h6-8,11H,4-5,9-10,17H2,1-3H3. The highest BCUT2D eigenvalue weighted by Gasteiger charge is 2.15. The molecule has 0 spiro atoms. The Morgan fingerprint density at radius 1 is 1.21 bits per heavy atom. The van der Waals surface area contributed by atoms with Crippen LogP contribution in [0.4, 0.5) is 0 Å². The Labute approximate surface area is 115 Å². The molecule has 2 N–H and O–H groups in total. The fraction of sp³-hybridized carbons (Fsp3) is 0.438. The Balaban J connectivity index is 2.56. The van der Waals surface area contributed by atoms with Crippen LogP contribution in [0.1, 0.15) is 36.4 Å². The topological polar surface area (TPSA) is 43.8 Å². The lowest BCUT2D eigenvalue weighted by molar-refractivity contribution is 0.791. The molecule has 0 aliphatic heterocycles. The summed E-state index contributed by atoms with van der Waals surface area (Å²) in [5.41, 5.74) is 12.0. The van der Waals surface area contributed by atoms with Crippen molar-refractivity contribution in [3.05, 3.63) is 46.8 Å². The van der Waals surface area contributed by atoms with Crippen LogP contribution in [-0.4, -0.2) is 16.3 Å². The van der Waals surface area contributed by atoms with Gasteiger partial charge in [-0.05, 0) is 56.0 Å². The molecule has 0 fully saturated rings. The lowest BCUT2D eigenvalue weighted by atomic mass is 10.1. The summed E-state index contributed by atoms with van der Waals surface area (Å²) in [5.74, 6) is 0. The minimum atomic E-state index is 0.680. The van der Waals surface area contributed by atoms with Crippen molar-refractivity contribution in [2.45, 2.75) is 40.0 Å². The molecule has 102 valence electrons. The van der Waals surface area contributed by atoms with Gasteiger partial charge in [0.1, 0.15) is 0 Å². The molecule has 1 aromatic carbocycles. The number of benzene rings is 1. The molecule has 0 saturated carbocycles. The third kappa shape index (κ3) is 2.71. The van der Waals surface area contributed by atoms with Crippen LogP contribution in [0.5, 0.6) is 0 Å². The first-order valence-electron chi connectivity index (χ1n) is 7.08. The van der Waals surface area contributed by atoms with E-state index >= 15 is 0 Å². The van der Waals surface area contributed by atoms with Crippen molar-refractivity contribution in [2.24, 2.45) is 5.73 Å². The van der Waals surface area contributed by atoms with Gasteiger partial charge in [0.05, 0.1) is 11.4 Å². The molecule has 0 atom stereocenters. The van der Waals surface area contributed by atoms with Crippen LogP contribution >= 0.6 is 0 Å². The highest BCUT2D eigenvalue weighted by molar-refractivity contribution is 5.40. The third-order valence-corrected chi connectivity index (χ3v) is 3.48. The smallest absolute Gasteiger partial charge is 0.0661 e. The number of hydrogen-bond acceptors (Lipinski definition) is 2. The summed E-state index contributed by atoms with van der Waals surface area (Å²) in [6, 6.07) is 8.49. The van der Waals surface area contributed by atoms with Crippen molar-refractivity contribution >= 4 is 0 Å². The molecule has 0 aliphatic carbocycles. The van der Waals surface area contributed by atoms with E-state index in [2.05, 4.69) is 49.7 Å². The monoisotopic (exact) mass is 257 g/mol. The lowest BCUT2D eigenvalue weighted by Gasteiger charge is -2.08. The summed E-state index contributed by atoms with van der Waals surface area (Å²) >= 11 is 0. The van der Waals surface area contributed by atoms with E-state index in [4.69, 9.17) is 10.8 Å². The second-order valence-electron chi connectivity index (χ2n) is 4.87. The molecule has 2 aromatic rings. The number of aromatic nitrogens is 2. The Morgan fingerprint density at radius 3 is 2.58 bits per heavy atom. The van der Waals surface area contributed by atoms with Gasteiger partial charge in [0, 0.05) is 5.69 Å².